The van der Waals surface area contributed by atoms with Gasteiger partial charge in [-0.1, -0.05) is 270 Å². The number of hydrogen-bond acceptors (Lipinski definition) is 7. The van der Waals surface area contributed by atoms with Gasteiger partial charge < -0.3 is 28.5 Å². The number of quaternary nitrogens is 1. The van der Waals surface area contributed by atoms with Crippen LogP contribution in [0.4, 0.5) is 0 Å². The van der Waals surface area contributed by atoms with Gasteiger partial charge in [0.1, 0.15) is 19.3 Å². The predicted molar refractivity (Wildman–Crippen MR) is 357 cm³/mol. The quantitative estimate of drug-likeness (QED) is 0.0212. The molecule has 0 aromatic carbocycles. The highest BCUT2D eigenvalue weighted by Gasteiger charge is 2.27. The van der Waals surface area contributed by atoms with E-state index in [1.54, 1.807) is 6.08 Å². The highest BCUT2D eigenvalue weighted by atomic mass is 31.2. The van der Waals surface area contributed by atoms with Crippen LogP contribution in [0.1, 0.15) is 265 Å². The van der Waals surface area contributed by atoms with E-state index in [1.165, 1.54) is 116 Å². The molecule has 0 aliphatic heterocycles. The average molecular weight is 1170 g/mol. The third kappa shape index (κ3) is 62.5. The molecule has 0 bridgehead atoms. The van der Waals surface area contributed by atoms with Crippen molar-refractivity contribution in [2.45, 2.75) is 277 Å². The Bertz CT molecular complexity index is 1880. The first-order valence-electron chi connectivity index (χ1n) is 33.5. The van der Waals surface area contributed by atoms with Crippen molar-refractivity contribution in [2.75, 3.05) is 40.9 Å². The number of amides is 1. The Labute approximate surface area is 511 Å². The number of allylic oxidation sites excluding steroid dienone is 21. The minimum atomic E-state index is -4.73. The lowest BCUT2D eigenvalue weighted by molar-refractivity contribution is -0.870. The number of nitrogens with zero attached hydrogens (tertiary/aromatic N) is 1. The number of esters is 1. The minimum absolute atomic E-state index is 0.0409. The fourth-order valence-corrected chi connectivity index (χ4v) is 9.67. The van der Waals surface area contributed by atoms with Crippen molar-refractivity contribution in [1.82, 2.24) is 5.32 Å². The fourth-order valence-electron chi connectivity index (χ4n) is 8.94. The van der Waals surface area contributed by atoms with Gasteiger partial charge in [-0.2, -0.15) is 0 Å². The third-order valence-electron chi connectivity index (χ3n) is 14.1. The SMILES string of the molecule is CC/C=C\C/C=C\C/C=C\C/C=C\C/C=C\C/C=C\CCC(=O)OC(/C=C\CCCCCCCCCCC)C(COP(=O)([O-])OCC[N+](C)(C)C)NC(=O)CCCCCCCCCCCCC/C=C\C/C=C\C/C=C\C/C=C\CCCCC. The molecule has 0 saturated heterocycles. The molecule has 0 aliphatic rings. The summed E-state index contributed by atoms with van der Waals surface area (Å²) in [4.78, 5) is 40.0. The van der Waals surface area contributed by atoms with Crippen LogP contribution in [0.25, 0.3) is 0 Å². The number of phosphoric acid groups is 1. The lowest BCUT2D eigenvalue weighted by atomic mass is 10.0. The van der Waals surface area contributed by atoms with E-state index in [0.29, 0.717) is 17.4 Å². The molecule has 0 aromatic heterocycles. The maximum absolute atomic E-state index is 13.6. The van der Waals surface area contributed by atoms with Gasteiger partial charge in [-0.05, 0) is 115 Å². The largest absolute Gasteiger partial charge is 0.756 e. The maximum atomic E-state index is 13.6. The van der Waals surface area contributed by atoms with Crippen molar-refractivity contribution < 1.29 is 37.3 Å². The Hall–Kier alpha value is -3.85. The summed E-state index contributed by atoms with van der Waals surface area (Å²) < 4.78 is 30.3. The van der Waals surface area contributed by atoms with Crippen molar-refractivity contribution in [3.63, 3.8) is 0 Å². The van der Waals surface area contributed by atoms with E-state index in [-0.39, 0.29) is 25.4 Å². The van der Waals surface area contributed by atoms with E-state index in [9.17, 15) is 19.0 Å². The highest BCUT2D eigenvalue weighted by molar-refractivity contribution is 7.45. The lowest BCUT2D eigenvalue weighted by Gasteiger charge is -2.30. The molecular weight excluding hydrogens is 1050 g/mol. The van der Waals surface area contributed by atoms with Crippen LogP contribution in [0.5, 0.6) is 0 Å². The van der Waals surface area contributed by atoms with Gasteiger partial charge in [0.05, 0.1) is 33.8 Å². The average Bonchev–Trinajstić information content (AvgIpc) is 3.51. The monoisotopic (exact) mass is 1170 g/mol. The molecular formula is C73H125N2O7P. The van der Waals surface area contributed by atoms with Crippen molar-refractivity contribution in [3.05, 3.63) is 134 Å². The Morgan fingerprint density at radius 2 is 0.783 bits per heavy atom. The molecule has 0 saturated carbocycles. The molecule has 3 atom stereocenters. The van der Waals surface area contributed by atoms with Crippen LogP contribution in [-0.2, 0) is 27.9 Å². The Balaban J connectivity index is 5.17. The molecule has 9 nitrogen and oxygen atoms in total. The van der Waals surface area contributed by atoms with Crippen LogP contribution in [-0.4, -0.2) is 69.4 Å². The van der Waals surface area contributed by atoms with E-state index in [1.807, 2.05) is 39.4 Å². The number of unbranched alkanes of at least 4 members (excludes halogenated alkanes) is 23. The Morgan fingerprint density at radius 3 is 1.20 bits per heavy atom. The molecule has 0 spiro atoms. The van der Waals surface area contributed by atoms with E-state index in [2.05, 4.69) is 135 Å². The van der Waals surface area contributed by atoms with Gasteiger partial charge in [0, 0.05) is 12.8 Å². The number of carbonyl (C=O) groups is 2. The molecule has 83 heavy (non-hydrogen) atoms. The Morgan fingerprint density at radius 1 is 0.434 bits per heavy atom. The number of hydrogen-bond donors (Lipinski definition) is 1. The van der Waals surface area contributed by atoms with Gasteiger partial charge in [0.15, 0.2) is 0 Å². The standard InChI is InChI=1S/C73H125N2O7P/c1-7-10-13-16-19-22-25-27-29-31-33-34-35-36-37-38-39-40-42-43-45-47-50-53-56-59-62-65-72(76)74-70(69-81-83(78,79)80-68-67-75(4,5)6)71(64-61-58-55-52-49-24-21-18-15-12-9-3)82-73(77)66-63-60-57-54-51-48-46-44-41-32-30-28-26-23-20-17-14-11-8-2/h11,14,19-20,22-23,27-30,33-34,36-37,41,44,48,51,57,60-61,64,70-71H,7-10,12-13,15-18,21,24-26,31-32,35,38-40,42-43,45-47,49-50,52-56,58-59,62-63,65-69H2,1-6H3,(H-,74,76,78,79)/b14-11-,22-19-,23-20-,29-27-,30-28-,34-33-,37-36-,44-41-,51-48-,60-57-,64-61-. The molecule has 10 heteroatoms. The van der Waals surface area contributed by atoms with Gasteiger partial charge in [0.25, 0.3) is 7.82 Å². The molecule has 1 N–H and O–H groups in total. The zero-order valence-corrected chi connectivity index (χ0v) is 55.0. The van der Waals surface area contributed by atoms with Crippen molar-refractivity contribution in [2.24, 2.45) is 0 Å². The second kappa shape index (κ2) is 61.2. The third-order valence-corrected chi connectivity index (χ3v) is 15.0. The normalized spacial score (nSPS) is 14.4. The zero-order chi connectivity index (χ0) is 60.7. The maximum Gasteiger partial charge on any atom is 0.306 e. The number of likely N-dealkylation sites (N-methyl/N-ethyl adjacent to an activating group) is 1. The Kier molecular flexibility index (Phi) is 58.4. The number of carbonyl (C=O) groups excluding carboxylic acids is 2. The molecule has 474 valence electrons. The summed E-state index contributed by atoms with van der Waals surface area (Å²) in [7, 11) is 1.13. The summed E-state index contributed by atoms with van der Waals surface area (Å²) in [6.07, 6.45) is 87.3. The van der Waals surface area contributed by atoms with E-state index < -0.39 is 32.5 Å². The first kappa shape index (κ1) is 79.2. The lowest BCUT2D eigenvalue weighted by Crippen LogP contribution is -2.47. The van der Waals surface area contributed by atoms with Crippen LogP contribution < -0.4 is 10.2 Å². The molecule has 0 rings (SSSR count). The van der Waals surface area contributed by atoms with Crippen molar-refractivity contribution in [1.29, 1.82) is 0 Å². The van der Waals surface area contributed by atoms with Gasteiger partial charge in [-0.3, -0.25) is 14.2 Å². The van der Waals surface area contributed by atoms with Crippen molar-refractivity contribution >= 4 is 19.7 Å². The number of rotatable bonds is 59. The van der Waals surface area contributed by atoms with E-state index >= 15 is 0 Å². The second-order valence-corrected chi connectivity index (χ2v) is 24.6. The van der Waals surface area contributed by atoms with Gasteiger partial charge in [-0.25, -0.2) is 0 Å². The summed E-state index contributed by atoms with van der Waals surface area (Å²) in [5.41, 5.74) is 0. The molecule has 0 radical (unpaired) electrons. The minimum Gasteiger partial charge on any atom is -0.756 e. The summed E-state index contributed by atoms with van der Waals surface area (Å²) in [6.45, 7) is 6.64. The van der Waals surface area contributed by atoms with Crippen LogP contribution in [0.3, 0.4) is 0 Å². The van der Waals surface area contributed by atoms with Crippen LogP contribution >= 0.6 is 7.82 Å². The summed E-state index contributed by atoms with van der Waals surface area (Å²) in [6, 6.07) is -0.930. The van der Waals surface area contributed by atoms with E-state index in [0.717, 1.165) is 109 Å². The van der Waals surface area contributed by atoms with Crippen LogP contribution in [0.2, 0.25) is 0 Å². The van der Waals surface area contributed by atoms with Gasteiger partial charge in [0.2, 0.25) is 5.91 Å². The summed E-state index contributed by atoms with van der Waals surface area (Å²) in [5, 5.41) is 3.01. The fraction of sp³-hybridized carbons (Fsp3) is 0.671. The topological polar surface area (TPSA) is 114 Å². The molecule has 0 aliphatic carbocycles. The van der Waals surface area contributed by atoms with Crippen molar-refractivity contribution in [3.8, 4) is 0 Å². The predicted octanol–water partition coefficient (Wildman–Crippen LogP) is 20.6. The molecule has 0 fully saturated rings. The molecule has 1 amide bonds. The van der Waals surface area contributed by atoms with Gasteiger partial charge >= 0.3 is 5.97 Å². The first-order valence-corrected chi connectivity index (χ1v) is 35.0. The molecule has 0 heterocycles. The van der Waals surface area contributed by atoms with Gasteiger partial charge in [-0.15, -0.1) is 0 Å². The first-order chi connectivity index (χ1) is 40.4. The number of ether oxygens (including phenoxy) is 1. The smallest absolute Gasteiger partial charge is 0.306 e. The second-order valence-electron chi connectivity index (χ2n) is 23.2. The zero-order valence-electron chi connectivity index (χ0n) is 54.1. The van der Waals surface area contributed by atoms with E-state index in [4.69, 9.17) is 13.8 Å². The van der Waals surface area contributed by atoms with Crippen LogP contribution in [0, 0.1) is 0 Å². The molecule has 0 aromatic rings. The van der Waals surface area contributed by atoms with Crippen LogP contribution in [0.15, 0.2) is 134 Å². The molecule has 3 unspecified atom stereocenters. The summed E-state index contributed by atoms with van der Waals surface area (Å²) in [5.74, 6) is -0.649. The summed E-state index contributed by atoms with van der Waals surface area (Å²) >= 11 is 0. The number of phosphoric ester groups is 1. The number of nitrogens with one attached hydrogen (secondary N) is 1. The highest BCUT2D eigenvalue weighted by Crippen LogP contribution is 2.38.